The monoisotopic (exact) mass is 467 g/mol. The maximum Gasteiger partial charge on any atom is 0.409 e. The van der Waals surface area contributed by atoms with Crippen LogP contribution in [0.2, 0.25) is 0 Å². The van der Waals surface area contributed by atoms with Crippen LogP contribution in [-0.4, -0.2) is 69.5 Å². The zero-order chi connectivity index (χ0) is 23.3. The lowest BCUT2D eigenvalue weighted by molar-refractivity contribution is -0.131. The van der Waals surface area contributed by atoms with Gasteiger partial charge in [0.2, 0.25) is 5.91 Å². The number of carbonyl (C=O) groups excluding carboxylic acids is 2. The first-order valence-electron chi connectivity index (χ1n) is 9.95. The molecule has 2 amide bonds. The number of ether oxygens (including phenoxy) is 1. The second-order valence-corrected chi connectivity index (χ2v) is 8.87. The van der Waals surface area contributed by atoms with E-state index < -0.39 is 40.2 Å². The highest BCUT2D eigenvalue weighted by Crippen LogP contribution is 2.24. The van der Waals surface area contributed by atoms with Crippen LogP contribution in [0.1, 0.15) is 6.92 Å². The SMILES string of the molecule is CCOC(=O)N1CCN(C(=O)CN(c2ccc(F)cc2)S(=O)(=O)c2ccc(F)cc2)CC1. The van der Waals surface area contributed by atoms with E-state index in [1.54, 1.807) is 6.92 Å². The largest absolute Gasteiger partial charge is 0.450 e. The fraction of sp³-hybridized carbons (Fsp3) is 0.333. The molecule has 0 aromatic heterocycles. The summed E-state index contributed by atoms with van der Waals surface area (Å²) < 4.78 is 59.0. The molecule has 1 aliphatic heterocycles. The van der Waals surface area contributed by atoms with Crippen molar-refractivity contribution < 1.29 is 31.5 Å². The fourth-order valence-electron chi connectivity index (χ4n) is 3.23. The van der Waals surface area contributed by atoms with Crippen molar-refractivity contribution in [3.8, 4) is 0 Å². The predicted octanol–water partition coefficient (Wildman–Crippen LogP) is 2.46. The summed E-state index contributed by atoms with van der Waals surface area (Å²) in [5.74, 6) is -1.65. The van der Waals surface area contributed by atoms with Crippen LogP contribution in [0.4, 0.5) is 19.3 Å². The van der Waals surface area contributed by atoms with Crippen molar-refractivity contribution >= 4 is 27.7 Å². The van der Waals surface area contributed by atoms with Gasteiger partial charge in [-0.05, 0) is 55.5 Å². The number of carbonyl (C=O) groups is 2. The van der Waals surface area contributed by atoms with Gasteiger partial charge in [0.15, 0.2) is 0 Å². The van der Waals surface area contributed by atoms with E-state index in [0.29, 0.717) is 0 Å². The van der Waals surface area contributed by atoms with Gasteiger partial charge in [-0.3, -0.25) is 9.10 Å². The Morgan fingerprint density at radius 1 is 0.906 bits per heavy atom. The number of sulfonamides is 1. The number of halogens is 2. The van der Waals surface area contributed by atoms with Crippen LogP contribution in [-0.2, 0) is 19.6 Å². The molecule has 32 heavy (non-hydrogen) atoms. The summed E-state index contributed by atoms with van der Waals surface area (Å²) in [6.07, 6.45) is -0.466. The molecule has 1 heterocycles. The summed E-state index contributed by atoms with van der Waals surface area (Å²) in [6.45, 7) is 2.34. The molecular weight excluding hydrogens is 444 g/mol. The molecule has 0 radical (unpaired) electrons. The number of piperazine rings is 1. The normalized spacial score (nSPS) is 14.2. The van der Waals surface area contributed by atoms with Gasteiger partial charge in [0, 0.05) is 26.2 Å². The molecule has 0 bridgehead atoms. The van der Waals surface area contributed by atoms with E-state index in [0.717, 1.165) is 40.7 Å². The first kappa shape index (κ1) is 23.5. The molecule has 0 saturated carbocycles. The van der Waals surface area contributed by atoms with Gasteiger partial charge in [0.1, 0.15) is 18.2 Å². The van der Waals surface area contributed by atoms with Crippen LogP contribution in [0.15, 0.2) is 53.4 Å². The van der Waals surface area contributed by atoms with E-state index in [2.05, 4.69) is 0 Å². The maximum absolute atomic E-state index is 13.4. The zero-order valence-corrected chi connectivity index (χ0v) is 18.2. The van der Waals surface area contributed by atoms with Gasteiger partial charge in [0.25, 0.3) is 10.0 Å². The Bertz CT molecular complexity index is 1050. The van der Waals surface area contributed by atoms with Crippen molar-refractivity contribution in [1.29, 1.82) is 0 Å². The number of anilines is 1. The molecule has 3 rings (SSSR count). The van der Waals surface area contributed by atoms with Crippen LogP contribution < -0.4 is 4.31 Å². The summed E-state index contributed by atoms with van der Waals surface area (Å²) in [6, 6.07) is 8.90. The fourth-order valence-corrected chi connectivity index (χ4v) is 4.65. The number of amides is 2. The molecule has 0 atom stereocenters. The van der Waals surface area contributed by atoms with Crippen molar-refractivity contribution in [2.75, 3.05) is 43.6 Å². The summed E-state index contributed by atoms with van der Waals surface area (Å²) in [5.41, 5.74) is 0.0919. The molecule has 2 aromatic rings. The summed E-state index contributed by atoms with van der Waals surface area (Å²) in [7, 11) is -4.24. The van der Waals surface area contributed by atoms with Gasteiger partial charge in [-0.25, -0.2) is 22.0 Å². The molecule has 8 nitrogen and oxygen atoms in total. The maximum atomic E-state index is 13.4. The highest BCUT2D eigenvalue weighted by atomic mass is 32.2. The van der Waals surface area contributed by atoms with Crippen LogP contribution in [0.25, 0.3) is 0 Å². The predicted molar refractivity (Wildman–Crippen MR) is 113 cm³/mol. The number of hydrogen-bond donors (Lipinski definition) is 0. The van der Waals surface area contributed by atoms with Crippen molar-refractivity contribution in [2.24, 2.45) is 0 Å². The molecule has 1 fully saturated rings. The number of benzene rings is 2. The highest BCUT2D eigenvalue weighted by Gasteiger charge is 2.31. The van der Waals surface area contributed by atoms with Crippen molar-refractivity contribution in [2.45, 2.75) is 11.8 Å². The quantitative estimate of drug-likeness (QED) is 0.652. The van der Waals surface area contributed by atoms with Gasteiger partial charge in [0.05, 0.1) is 17.2 Å². The van der Waals surface area contributed by atoms with Crippen LogP contribution in [0, 0.1) is 11.6 Å². The van der Waals surface area contributed by atoms with E-state index in [-0.39, 0.29) is 43.4 Å². The van der Waals surface area contributed by atoms with E-state index >= 15 is 0 Å². The number of rotatable bonds is 6. The first-order chi connectivity index (χ1) is 15.2. The smallest absolute Gasteiger partial charge is 0.409 e. The van der Waals surface area contributed by atoms with Crippen LogP contribution >= 0.6 is 0 Å². The molecule has 0 aliphatic carbocycles. The Kier molecular flexibility index (Phi) is 7.29. The molecule has 0 N–H and O–H groups in total. The Morgan fingerprint density at radius 2 is 1.41 bits per heavy atom. The second-order valence-electron chi connectivity index (χ2n) is 7.01. The van der Waals surface area contributed by atoms with Crippen molar-refractivity contribution in [1.82, 2.24) is 9.80 Å². The lowest BCUT2D eigenvalue weighted by atomic mass is 10.3. The third-order valence-corrected chi connectivity index (χ3v) is 6.74. The summed E-state index contributed by atoms with van der Waals surface area (Å²) in [5, 5.41) is 0. The Balaban J connectivity index is 1.80. The molecule has 11 heteroatoms. The third-order valence-electron chi connectivity index (χ3n) is 4.95. The minimum absolute atomic E-state index is 0.0919. The Morgan fingerprint density at radius 3 is 1.94 bits per heavy atom. The van der Waals surface area contributed by atoms with Crippen LogP contribution in [0.3, 0.4) is 0 Å². The minimum atomic E-state index is -4.24. The first-order valence-corrected chi connectivity index (χ1v) is 11.4. The van der Waals surface area contributed by atoms with E-state index in [1.807, 2.05) is 0 Å². The molecule has 0 unspecified atom stereocenters. The molecule has 1 saturated heterocycles. The Hall–Kier alpha value is -3.21. The lowest BCUT2D eigenvalue weighted by Crippen LogP contribution is -2.53. The van der Waals surface area contributed by atoms with Crippen LogP contribution in [0.5, 0.6) is 0 Å². The standard InChI is InChI=1S/C21H23F2N3O5S/c1-2-31-21(28)25-13-11-24(12-14-25)20(27)15-26(18-7-3-16(22)4-8-18)32(29,30)19-9-5-17(23)6-10-19/h3-10H,2,11-15H2,1H3. The van der Waals surface area contributed by atoms with E-state index in [1.165, 1.54) is 21.9 Å². The third kappa shape index (κ3) is 5.34. The topological polar surface area (TPSA) is 87.2 Å². The average molecular weight is 467 g/mol. The van der Waals surface area contributed by atoms with Crippen molar-refractivity contribution in [3.05, 3.63) is 60.2 Å². The summed E-state index contributed by atoms with van der Waals surface area (Å²) >= 11 is 0. The lowest BCUT2D eigenvalue weighted by Gasteiger charge is -2.35. The van der Waals surface area contributed by atoms with E-state index in [9.17, 15) is 26.8 Å². The van der Waals surface area contributed by atoms with E-state index in [4.69, 9.17) is 4.74 Å². The summed E-state index contributed by atoms with van der Waals surface area (Å²) in [4.78, 5) is 27.5. The van der Waals surface area contributed by atoms with Gasteiger partial charge in [-0.2, -0.15) is 0 Å². The highest BCUT2D eigenvalue weighted by molar-refractivity contribution is 7.92. The minimum Gasteiger partial charge on any atom is -0.450 e. The second kappa shape index (κ2) is 9.94. The van der Waals surface area contributed by atoms with Crippen molar-refractivity contribution in [3.63, 3.8) is 0 Å². The molecule has 0 spiro atoms. The molecule has 1 aliphatic rings. The number of hydrogen-bond acceptors (Lipinski definition) is 5. The molecule has 2 aromatic carbocycles. The van der Waals surface area contributed by atoms with Gasteiger partial charge in [-0.1, -0.05) is 0 Å². The van der Waals surface area contributed by atoms with Gasteiger partial charge in [-0.15, -0.1) is 0 Å². The van der Waals surface area contributed by atoms with Gasteiger partial charge >= 0.3 is 6.09 Å². The molecular formula is C21H23F2N3O5S. The van der Waals surface area contributed by atoms with Gasteiger partial charge < -0.3 is 14.5 Å². The zero-order valence-electron chi connectivity index (χ0n) is 17.4. The average Bonchev–Trinajstić information content (AvgIpc) is 2.78. The Labute approximate surface area is 185 Å². The molecule has 172 valence electrons. The number of nitrogens with zero attached hydrogens (tertiary/aromatic N) is 3.